The zero-order valence-electron chi connectivity index (χ0n) is 6.76. The summed E-state index contributed by atoms with van der Waals surface area (Å²) in [5, 5.41) is 3.38. The molecule has 0 aliphatic carbocycles. The van der Waals surface area contributed by atoms with Gasteiger partial charge in [-0.3, -0.25) is 0 Å². The molecule has 0 aromatic rings. The Morgan fingerprint density at radius 3 is 2.80 bits per heavy atom. The van der Waals surface area contributed by atoms with Crippen molar-refractivity contribution in [1.29, 1.82) is 0 Å². The van der Waals surface area contributed by atoms with Crippen molar-refractivity contribution < 1.29 is 4.74 Å². The van der Waals surface area contributed by atoms with E-state index in [2.05, 4.69) is 17.3 Å². The Morgan fingerprint density at radius 1 is 1.60 bits per heavy atom. The normalized spacial score (nSPS) is 21.0. The number of nitrogens with zero attached hydrogens (tertiary/aromatic N) is 1. The van der Waals surface area contributed by atoms with Gasteiger partial charge < -0.3 is 15.0 Å². The first-order valence-electron chi connectivity index (χ1n) is 3.74. The number of likely N-dealkylation sites (N-methyl/N-ethyl adjacent to an activating group) is 1. The molecule has 0 spiro atoms. The molecule has 1 heterocycles. The highest BCUT2D eigenvalue weighted by Crippen LogP contribution is 2.02. The highest BCUT2D eigenvalue weighted by atomic mass is 16.5. The molecule has 0 bridgehead atoms. The molecular formula is C7H16N2O. The summed E-state index contributed by atoms with van der Waals surface area (Å²) in [5.41, 5.74) is 0. The third-order valence-corrected chi connectivity index (χ3v) is 1.80. The van der Waals surface area contributed by atoms with Crippen LogP contribution < -0.4 is 5.32 Å². The van der Waals surface area contributed by atoms with E-state index in [4.69, 9.17) is 4.74 Å². The van der Waals surface area contributed by atoms with Crippen molar-refractivity contribution in [3.05, 3.63) is 0 Å². The molecule has 3 heteroatoms. The number of nitrogens with one attached hydrogen (secondary N) is 1. The molecule has 0 aromatic heterocycles. The van der Waals surface area contributed by atoms with Gasteiger partial charge in [-0.25, -0.2) is 0 Å². The minimum Gasteiger partial charge on any atom is -0.383 e. The number of ether oxygens (including phenoxy) is 1. The molecule has 10 heavy (non-hydrogen) atoms. The van der Waals surface area contributed by atoms with Gasteiger partial charge in [-0.15, -0.1) is 0 Å². The molecule has 1 N–H and O–H groups in total. The third-order valence-electron chi connectivity index (χ3n) is 1.80. The van der Waals surface area contributed by atoms with E-state index < -0.39 is 0 Å². The van der Waals surface area contributed by atoms with Gasteiger partial charge in [0.25, 0.3) is 0 Å². The smallest absolute Gasteiger partial charge is 0.0587 e. The van der Waals surface area contributed by atoms with E-state index in [1.165, 1.54) is 13.1 Å². The summed E-state index contributed by atoms with van der Waals surface area (Å²) in [7, 11) is 3.86. The average Bonchev–Trinajstić information content (AvgIpc) is 1.85. The highest BCUT2D eigenvalue weighted by molar-refractivity contribution is 4.82. The number of rotatable bonds is 4. The van der Waals surface area contributed by atoms with Crippen molar-refractivity contribution in [2.24, 2.45) is 0 Å². The van der Waals surface area contributed by atoms with E-state index in [0.717, 1.165) is 13.2 Å². The van der Waals surface area contributed by atoms with Gasteiger partial charge >= 0.3 is 0 Å². The van der Waals surface area contributed by atoms with Crippen molar-refractivity contribution in [3.8, 4) is 0 Å². The van der Waals surface area contributed by atoms with Gasteiger partial charge in [0.2, 0.25) is 0 Å². The van der Waals surface area contributed by atoms with Gasteiger partial charge in [-0.1, -0.05) is 0 Å². The molecule has 1 fully saturated rings. The van der Waals surface area contributed by atoms with Crippen LogP contribution in [0.2, 0.25) is 0 Å². The maximum Gasteiger partial charge on any atom is 0.0587 e. The Morgan fingerprint density at radius 2 is 2.30 bits per heavy atom. The first-order chi connectivity index (χ1) is 4.83. The standard InChI is InChI=1S/C7H16N2O/c1-9-5-7(6-9)8-3-4-10-2/h7-8H,3-6H2,1-2H3. The molecule has 0 radical (unpaired) electrons. The molecule has 1 rings (SSSR count). The Labute approximate surface area is 62.3 Å². The summed E-state index contributed by atoms with van der Waals surface area (Å²) in [6.45, 7) is 4.17. The molecule has 60 valence electrons. The summed E-state index contributed by atoms with van der Waals surface area (Å²) >= 11 is 0. The van der Waals surface area contributed by atoms with Crippen molar-refractivity contribution in [3.63, 3.8) is 0 Å². The van der Waals surface area contributed by atoms with E-state index in [1.54, 1.807) is 7.11 Å². The maximum atomic E-state index is 4.91. The predicted molar refractivity (Wildman–Crippen MR) is 41.2 cm³/mol. The van der Waals surface area contributed by atoms with Gasteiger partial charge in [-0.2, -0.15) is 0 Å². The summed E-state index contributed by atoms with van der Waals surface area (Å²) in [6.07, 6.45) is 0. The summed E-state index contributed by atoms with van der Waals surface area (Å²) in [6, 6.07) is 0.708. The fraction of sp³-hybridized carbons (Fsp3) is 1.00. The fourth-order valence-corrected chi connectivity index (χ4v) is 1.19. The first kappa shape index (κ1) is 7.98. The zero-order chi connectivity index (χ0) is 7.40. The first-order valence-corrected chi connectivity index (χ1v) is 3.74. The van der Waals surface area contributed by atoms with Crippen LogP contribution in [-0.4, -0.2) is 51.3 Å². The molecular weight excluding hydrogens is 128 g/mol. The summed E-state index contributed by atoms with van der Waals surface area (Å²) in [5.74, 6) is 0. The number of hydrogen-bond donors (Lipinski definition) is 1. The number of methoxy groups -OCH3 is 1. The molecule has 1 saturated heterocycles. The summed E-state index contributed by atoms with van der Waals surface area (Å²) < 4.78 is 4.91. The topological polar surface area (TPSA) is 24.5 Å². The fourth-order valence-electron chi connectivity index (χ4n) is 1.19. The minimum absolute atomic E-state index is 0.708. The lowest BCUT2D eigenvalue weighted by atomic mass is 10.1. The van der Waals surface area contributed by atoms with Gasteiger partial charge in [0, 0.05) is 32.8 Å². The van der Waals surface area contributed by atoms with Gasteiger partial charge in [0.05, 0.1) is 6.61 Å². The van der Waals surface area contributed by atoms with Crippen molar-refractivity contribution >= 4 is 0 Å². The molecule has 3 nitrogen and oxygen atoms in total. The second-order valence-corrected chi connectivity index (χ2v) is 2.87. The van der Waals surface area contributed by atoms with E-state index >= 15 is 0 Å². The molecule has 0 unspecified atom stereocenters. The van der Waals surface area contributed by atoms with Crippen LogP contribution in [0, 0.1) is 0 Å². The van der Waals surface area contributed by atoms with Crippen LogP contribution in [0.3, 0.4) is 0 Å². The number of hydrogen-bond acceptors (Lipinski definition) is 3. The average molecular weight is 144 g/mol. The van der Waals surface area contributed by atoms with Gasteiger partial charge in [0.1, 0.15) is 0 Å². The molecule has 0 amide bonds. The Balaban J connectivity index is 1.86. The monoisotopic (exact) mass is 144 g/mol. The second-order valence-electron chi connectivity index (χ2n) is 2.87. The lowest BCUT2D eigenvalue weighted by Crippen LogP contribution is -2.56. The van der Waals surface area contributed by atoms with E-state index in [9.17, 15) is 0 Å². The Bertz CT molecular complexity index is 91.6. The predicted octanol–water partition coefficient (Wildman–Crippen LogP) is -0.464. The SMILES string of the molecule is COCCNC1CN(C)C1. The van der Waals surface area contributed by atoms with Crippen LogP contribution in [0.5, 0.6) is 0 Å². The lowest BCUT2D eigenvalue weighted by Gasteiger charge is -2.36. The summed E-state index contributed by atoms with van der Waals surface area (Å²) in [4.78, 5) is 2.30. The largest absolute Gasteiger partial charge is 0.383 e. The molecule has 1 aliphatic rings. The molecule has 0 saturated carbocycles. The Kier molecular flexibility index (Phi) is 3.12. The molecule has 1 aliphatic heterocycles. The number of likely N-dealkylation sites (tertiary alicyclic amines) is 1. The Hall–Kier alpha value is -0.120. The van der Waals surface area contributed by atoms with Crippen LogP contribution in [0.25, 0.3) is 0 Å². The van der Waals surface area contributed by atoms with E-state index in [1.807, 2.05) is 0 Å². The van der Waals surface area contributed by atoms with Crippen LogP contribution in [0.15, 0.2) is 0 Å². The van der Waals surface area contributed by atoms with E-state index in [-0.39, 0.29) is 0 Å². The van der Waals surface area contributed by atoms with Gasteiger partial charge in [-0.05, 0) is 7.05 Å². The molecule has 0 atom stereocenters. The zero-order valence-corrected chi connectivity index (χ0v) is 6.76. The third kappa shape index (κ3) is 2.25. The van der Waals surface area contributed by atoms with Crippen molar-refractivity contribution in [2.45, 2.75) is 6.04 Å². The van der Waals surface area contributed by atoms with Crippen LogP contribution in [0.4, 0.5) is 0 Å². The van der Waals surface area contributed by atoms with Crippen LogP contribution >= 0.6 is 0 Å². The molecule has 0 aromatic carbocycles. The quantitative estimate of drug-likeness (QED) is 0.540. The van der Waals surface area contributed by atoms with Crippen molar-refractivity contribution in [2.75, 3.05) is 40.4 Å². The van der Waals surface area contributed by atoms with Crippen LogP contribution in [-0.2, 0) is 4.74 Å². The minimum atomic E-state index is 0.708. The maximum absolute atomic E-state index is 4.91. The van der Waals surface area contributed by atoms with Gasteiger partial charge in [0.15, 0.2) is 0 Å². The highest BCUT2D eigenvalue weighted by Gasteiger charge is 2.21. The van der Waals surface area contributed by atoms with Crippen molar-refractivity contribution in [1.82, 2.24) is 10.2 Å². The lowest BCUT2D eigenvalue weighted by molar-refractivity contribution is 0.142. The van der Waals surface area contributed by atoms with E-state index in [0.29, 0.717) is 6.04 Å². The van der Waals surface area contributed by atoms with Crippen LogP contribution in [0.1, 0.15) is 0 Å². The second kappa shape index (κ2) is 3.91.